The van der Waals surface area contributed by atoms with Crippen molar-refractivity contribution in [2.75, 3.05) is 0 Å². The number of hydrogen-bond donors (Lipinski definition) is 0. The molecule has 0 saturated carbocycles. The summed E-state index contributed by atoms with van der Waals surface area (Å²) in [5.41, 5.74) is -0.962. The summed E-state index contributed by atoms with van der Waals surface area (Å²) in [4.78, 5) is 32.5. The van der Waals surface area contributed by atoms with E-state index in [0.29, 0.717) is 6.29 Å². The Morgan fingerprint density at radius 2 is 2.00 bits per heavy atom. The van der Waals surface area contributed by atoms with Crippen LogP contribution in [0.25, 0.3) is 0 Å². The van der Waals surface area contributed by atoms with E-state index >= 15 is 0 Å². The second-order valence-corrected chi connectivity index (χ2v) is 4.07. The quantitative estimate of drug-likeness (QED) is 0.425. The van der Waals surface area contributed by atoms with Gasteiger partial charge in [0, 0.05) is 0 Å². The molecule has 3 nitrogen and oxygen atoms in total. The number of carbonyl (C=O) groups is 3. The monoisotopic (exact) mass is 172 g/mol. The molecule has 0 bridgehead atoms. The number of ketones is 1. The molecule has 0 N–H and O–H groups in total. The summed E-state index contributed by atoms with van der Waals surface area (Å²) in [7, 11) is 0. The summed E-state index contributed by atoms with van der Waals surface area (Å²) in [5, 5.41) is -0.975. The fourth-order valence-corrected chi connectivity index (χ4v) is 1.95. The molecule has 1 fully saturated rings. The van der Waals surface area contributed by atoms with Crippen LogP contribution in [0, 0.1) is 5.41 Å². The van der Waals surface area contributed by atoms with Crippen LogP contribution in [0.2, 0.25) is 0 Å². The van der Waals surface area contributed by atoms with Gasteiger partial charge in [0.2, 0.25) is 5.12 Å². The number of thioether (sulfide) groups is 1. The Bertz CT molecular complexity index is 232. The van der Waals surface area contributed by atoms with Crippen molar-refractivity contribution in [3.05, 3.63) is 0 Å². The number of aldehydes is 1. The van der Waals surface area contributed by atoms with E-state index in [1.807, 2.05) is 0 Å². The third-order valence-electron chi connectivity index (χ3n) is 1.74. The van der Waals surface area contributed by atoms with E-state index in [4.69, 9.17) is 0 Å². The van der Waals surface area contributed by atoms with Crippen molar-refractivity contribution in [1.29, 1.82) is 0 Å². The predicted molar refractivity (Wildman–Crippen MR) is 41.2 cm³/mol. The fraction of sp³-hybridized carbons (Fsp3) is 0.571. The maximum Gasteiger partial charge on any atom is 0.203 e. The first-order valence-corrected chi connectivity index (χ1v) is 4.09. The zero-order valence-electron chi connectivity index (χ0n) is 6.29. The second kappa shape index (κ2) is 2.44. The molecule has 0 aromatic heterocycles. The number of rotatable bonds is 1. The largest absolute Gasteiger partial charge is 0.302 e. The van der Waals surface area contributed by atoms with Gasteiger partial charge in [-0.25, -0.2) is 0 Å². The third kappa shape index (κ3) is 1.11. The first kappa shape index (κ1) is 8.46. The molecule has 1 aliphatic rings. The molecule has 0 spiro atoms. The van der Waals surface area contributed by atoms with Gasteiger partial charge in [-0.05, 0) is 13.8 Å². The van der Waals surface area contributed by atoms with Crippen LogP contribution in [0.15, 0.2) is 0 Å². The van der Waals surface area contributed by atoms with Crippen LogP contribution < -0.4 is 0 Å². The van der Waals surface area contributed by atoms with E-state index in [2.05, 4.69) is 0 Å². The standard InChI is InChI=1S/C7H8O3S/c1-7(2)5(9)4(3-8)11-6(7)10/h3-4H,1-2H3. The molecule has 1 saturated heterocycles. The van der Waals surface area contributed by atoms with Gasteiger partial charge in [-0.3, -0.25) is 9.59 Å². The SMILES string of the molecule is CC1(C)C(=O)SC(C=O)C1=O. The van der Waals surface area contributed by atoms with Gasteiger partial charge in [0.1, 0.15) is 11.5 Å². The fourth-order valence-electron chi connectivity index (χ4n) is 0.862. The van der Waals surface area contributed by atoms with Gasteiger partial charge >= 0.3 is 0 Å². The molecule has 0 aliphatic carbocycles. The highest BCUT2D eigenvalue weighted by molar-refractivity contribution is 8.16. The van der Waals surface area contributed by atoms with Crippen LogP contribution in [0.5, 0.6) is 0 Å². The molecule has 1 heterocycles. The predicted octanol–water partition coefficient (Wildman–Crippen LogP) is 0.423. The second-order valence-electron chi connectivity index (χ2n) is 2.95. The van der Waals surface area contributed by atoms with Crippen LogP contribution in [0.3, 0.4) is 0 Å². The summed E-state index contributed by atoms with van der Waals surface area (Å²) in [6.45, 7) is 3.10. The highest BCUT2D eigenvalue weighted by Crippen LogP contribution is 2.37. The lowest BCUT2D eigenvalue weighted by Crippen LogP contribution is -2.28. The highest BCUT2D eigenvalue weighted by Gasteiger charge is 2.48. The minimum Gasteiger partial charge on any atom is -0.302 e. The Morgan fingerprint density at radius 1 is 1.45 bits per heavy atom. The molecule has 60 valence electrons. The Labute approximate surface area is 68.5 Å². The molecule has 0 aromatic carbocycles. The van der Waals surface area contributed by atoms with Crippen LogP contribution >= 0.6 is 11.8 Å². The average Bonchev–Trinajstić information content (AvgIpc) is 2.14. The Balaban J connectivity index is 2.97. The molecular formula is C7H8O3S. The molecule has 0 radical (unpaired) electrons. The molecule has 0 aromatic rings. The zero-order valence-corrected chi connectivity index (χ0v) is 7.10. The maximum atomic E-state index is 11.2. The van der Waals surface area contributed by atoms with Gasteiger partial charge in [-0.1, -0.05) is 11.8 Å². The summed E-state index contributed by atoms with van der Waals surface area (Å²) < 4.78 is 0. The van der Waals surface area contributed by atoms with E-state index in [1.54, 1.807) is 13.8 Å². The summed E-state index contributed by atoms with van der Waals surface area (Å²) in [5.74, 6) is -0.275. The average molecular weight is 172 g/mol. The van der Waals surface area contributed by atoms with Gasteiger partial charge in [0.15, 0.2) is 5.78 Å². The summed E-state index contributed by atoms with van der Waals surface area (Å²) in [6.07, 6.45) is 0.527. The summed E-state index contributed by atoms with van der Waals surface area (Å²) in [6, 6.07) is 0. The maximum absolute atomic E-state index is 11.2. The highest BCUT2D eigenvalue weighted by atomic mass is 32.2. The van der Waals surface area contributed by atoms with Gasteiger partial charge < -0.3 is 4.79 Å². The Kier molecular flexibility index (Phi) is 1.88. The number of hydrogen-bond acceptors (Lipinski definition) is 4. The van der Waals surface area contributed by atoms with Gasteiger partial charge in [-0.15, -0.1) is 0 Å². The van der Waals surface area contributed by atoms with Gasteiger partial charge in [-0.2, -0.15) is 0 Å². The molecular weight excluding hydrogens is 164 g/mol. The van der Waals surface area contributed by atoms with Crippen molar-refractivity contribution in [3.8, 4) is 0 Å². The lowest BCUT2D eigenvalue weighted by molar-refractivity contribution is -0.132. The zero-order chi connectivity index (χ0) is 8.65. The van der Waals surface area contributed by atoms with E-state index < -0.39 is 10.7 Å². The van der Waals surface area contributed by atoms with Crippen LogP contribution in [-0.2, 0) is 14.4 Å². The third-order valence-corrected chi connectivity index (χ3v) is 3.05. The molecule has 1 aliphatic heterocycles. The first-order valence-electron chi connectivity index (χ1n) is 3.21. The minimum atomic E-state index is -0.962. The van der Waals surface area contributed by atoms with Crippen molar-refractivity contribution < 1.29 is 14.4 Å². The minimum absolute atomic E-state index is 0.209. The Morgan fingerprint density at radius 3 is 2.18 bits per heavy atom. The first-order chi connectivity index (χ1) is 5.00. The van der Waals surface area contributed by atoms with E-state index in [1.165, 1.54) is 0 Å². The van der Waals surface area contributed by atoms with Gasteiger partial charge in [0.05, 0.1) is 5.41 Å². The topological polar surface area (TPSA) is 51.2 Å². The molecule has 1 unspecified atom stereocenters. The van der Waals surface area contributed by atoms with Crippen molar-refractivity contribution in [2.45, 2.75) is 19.1 Å². The normalized spacial score (nSPS) is 29.1. The lowest BCUT2D eigenvalue weighted by atomic mass is 9.89. The van der Waals surface area contributed by atoms with Gasteiger partial charge in [0.25, 0.3) is 0 Å². The van der Waals surface area contributed by atoms with E-state index in [0.717, 1.165) is 11.8 Å². The van der Waals surface area contributed by atoms with Crippen LogP contribution in [0.4, 0.5) is 0 Å². The van der Waals surface area contributed by atoms with Crippen molar-refractivity contribution in [2.24, 2.45) is 5.41 Å². The van der Waals surface area contributed by atoms with E-state index in [9.17, 15) is 14.4 Å². The Hall–Kier alpha value is -0.640. The molecule has 4 heteroatoms. The van der Waals surface area contributed by atoms with Crippen molar-refractivity contribution in [3.63, 3.8) is 0 Å². The van der Waals surface area contributed by atoms with Crippen molar-refractivity contribution >= 4 is 28.9 Å². The summed E-state index contributed by atoms with van der Waals surface area (Å²) >= 11 is 0.824. The molecule has 0 amide bonds. The smallest absolute Gasteiger partial charge is 0.203 e. The number of carbonyl (C=O) groups excluding carboxylic acids is 3. The lowest BCUT2D eigenvalue weighted by Gasteiger charge is -2.10. The van der Waals surface area contributed by atoms with Crippen molar-refractivity contribution in [1.82, 2.24) is 0 Å². The number of Topliss-reactive ketones (excluding diaryl/α,β-unsaturated/α-hetero) is 1. The van der Waals surface area contributed by atoms with E-state index in [-0.39, 0.29) is 10.9 Å². The molecule has 11 heavy (non-hydrogen) atoms. The van der Waals surface area contributed by atoms with Crippen LogP contribution in [0.1, 0.15) is 13.8 Å². The molecule has 1 rings (SSSR count). The molecule has 1 atom stereocenters. The van der Waals surface area contributed by atoms with Crippen LogP contribution in [-0.4, -0.2) is 22.4 Å².